The van der Waals surface area contributed by atoms with Gasteiger partial charge in [0.15, 0.2) is 6.10 Å². The van der Waals surface area contributed by atoms with E-state index in [4.69, 9.17) is 4.74 Å². The Morgan fingerprint density at radius 2 is 2.10 bits per heavy atom. The quantitative estimate of drug-likeness (QED) is 0.849. The molecular formula is C16H20N2O3. The Kier molecular flexibility index (Phi) is 3.57. The second-order valence-electron chi connectivity index (χ2n) is 5.70. The lowest BCUT2D eigenvalue weighted by Crippen LogP contribution is -2.46. The Labute approximate surface area is 124 Å². The highest BCUT2D eigenvalue weighted by Gasteiger charge is 2.33. The number of amides is 2. The van der Waals surface area contributed by atoms with E-state index in [2.05, 4.69) is 0 Å². The number of benzene rings is 1. The van der Waals surface area contributed by atoms with Crippen LogP contribution in [0.15, 0.2) is 24.3 Å². The minimum absolute atomic E-state index is 0.0874. The van der Waals surface area contributed by atoms with Gasteiger partial charge in [0.1, 0.15) is 5.75 Å². The van der Waals surface area contributed by atoms with Gasteiger partial charge in [-0.3, -0.25) is 9.59 Å². The molecular weight excluding hydrogens is 268 g/mol. The van der Waals surface area contributed by atoms with Crippen molar-refractivity contribution in [3.8, 4) is 5.75 Å². The van der Waals surface area contributed by atoms with Gasteiger partial charge >= 0.3 is 0 Å². The van der Waals surface area contributed by atoms with Crippen LogP contribution in [0.25, 0.3) is 0 Å². The van der Waals surface area contributed by atoms with E-state index in [-0.39, 0.29) is 11.8 Å². The summed E-state index contributed by atoms with van der Waals surface area (Å²) in [6, 6.07) is 7.86. The van der Waals surface area contributed by atoms with Gasteiger partial charge in [-0.25, -0.2) is 0 Å². The Morgan fingerprint density at radius 1 is 1.38 bits per heavy atom. The third kappa shape index (κ3) is 2.73. The lowest BCUT2D eigenvalue weighted by atomic mass is 10.1. The van der Waals surface area contributed by atoms with Gasteiger partial charge in [0, 0.05) is 26.1 Å². The minimum atomic E-state index is -0.504. The van der Waals surface area contributed by atoms with Gasteiger partial charge in [0.2, 0.25) is 5.91 Å². The number of carbonyl (C=O) groups is 2. The van der Waals surface area contributed by atoms with E-state index in [0.717, 1.165) is 18.5 Å². The third-order valence-corrected chi connectivity index (χ3v) is 4.11. The number of carbonyl (C=O) groups excluding carboxylic acids is 2. The van der Waals surface area contributed by atoms with Crippen molar-refractivity contribution in [1.29, 1.82) is 0 Å². The summed E-state index contributed by atoms with van der Waals surface area (Å²) < 4.78 is 5.59. The third-order valence-electron chi connectivity index (χ3n) is 4.11. The van der Waals surface area contributed by atoms with Crippen LogP contribution in [0.5, 0.6) is 5.75 Å². The molecule has 1 aromatic rings. The lowest BCUT2D eigenvalue weighted by Gasteiger charge is -2.33. The second-order valence-corrected chi connectivity index (χ2v) is 5.70. The highest BCUT2D eigenvalue weighted by atomic mass is 16.5. The van der Waals surface area contributed by atoms with Gasteiger partial charge in [0.25, 0.3) is 5.91 Å². The molecule has 1 heterocycles. The van der Waals surface area contributed by atoms with Gasteiger partial charge in [-0.1, -0.05) is 12.1 Å². The van der Waals surface area contributed by atoms with Gasteiger partial charge in [-0.15, -0.1) is 0 Å². The van der Waals surface area contributed by atoms with Crippen LogP contribution in [0.3, 0.4) is 0 Å². The molecule has 0 spiro atoms. The number of nitrogens with zero attached hydrogens (tertiary/aromatic N) is 2. The Morgan fingerprint density at radius 3 is 2.81 bits per heavy atom. The van der Waals surface area contributed by atoms with E-state index >= 15 is 0 Å². The smallest absolute Gasteiger partial charge is 0.267 e. The lowest BCUT2D eigenvalue weighted by molar-refractivity contribution is -0.130. The molecule has 5 heteroatoms. The molecule has 21 heavy (non-hydrogen) atoms. The van der Waals surface area contributed by atoms with Crippen LogP contribution in [0, 0.1) is 0 Å². The zero-order valence-electron chi connectivity index (χ0n) is 12.4. The monoisotopic (exact) mass is 288 g/mol. The Bertz CT molecular complexity index is 568. The molecule has 1 saturated carbocycles. The van der Waals surface area contributed by atoms with E-state index in [9.17, 15) is 9.59 Å². The summed E-state index contributed by atoms with van der Waals surface area (Å²) in [6.45, 7) is 2.14. The predicted octanol–water partition coefficient (Wildman–Crippen LogP) is 1.81. The summed E-state index contributed by atoms with van der Waals surface area (Å²) in [6.07, 6.45) is 2.04. The molecule has 1 unspecified atom stereocenters. The second kappa shape index (κ2) is 5.39. The maximum absolute atomic E-state index is 12.3. The average molecular weight is 288 g/mol. The van der Waals surface area contributed by atoms with Crippen LogP contribution < -0.4 is 9.64 Å². The maximum atomic E-state index is 12.3. The largest absolute Gasteiger partial charge is 0.479 e. The van der Waals surface area contributed by atoms with Crippen LogP contribution >= 0.6 is 0 Å². The summed E-state index contributed by atoms with van der Waals surface area (Å²) in [4.78, 5) is 27.9. The first-order valence-electron chi connectivity index (χ1n) is 7.40. The summed E-state index contributed by atoms with van der Waals surface area (Å²) in [7, 11) is 1.84. The molecule has 0 N–H and O–H groups in total. The topological polar surface area (TPSA) is 49.9 Å². The van der Waals surface area contributed by atoms with Gasteiger partial charge in [-0.2, -0.15) is 0 Å². The van der Waals surface area contributed by atoms with Crippen molar-refractivity contribution in [2.24, 2.45) is 0 Å². The number of fused-ring (bicyclic) bond motifs is 1. The van der Waals surface area contributed by atoms with Crippen LogP contribution in [-0.2, 0) is 9.59 Å². The SMILES string of the molecule is CC1Oc2ccccc2N(CCC(=O)N(C)C2CC2)C1=O. The van der Waals surface area contributed by atoms with Crippen molar-refractivity contribution in [3.05, 3.63) is 24.3 Å². The molecule has 0 aromatic heterocycles. The molecule has 0 bridgehead atoms. The zero-order valence-corrected chi connectivity index (χ0v) is 12.4. The van der Waals surface area contributed by atoms with Crippen molar-refractivity contribution in [1.82, 2.24) is 4.90 Å². The molecule has 1 aliphatic heterocycles. The van der Waals surface area contributed by atoms with E-state index < -0.39 is 6.10 Å². The first-order chi connectivity index (χ1) is 10.1. The normalized spacial score (nSPS) is 20.8. The number of anilines is 1. The molecule has 1 aromatic carbocycles. The summed E-state index contributed by atoms with van der Waals surface area (Å²) >= 11 is 0. The molecule has 1 fully saturated rings. The zero-order chi connectivity index (χ0) is 15.0. The Hall–Kier alpha value is -2.04. The molecule has 0 saturated heterocycles. The fourth-order valence-electron chi connectivity index (χ4n) is 2.64. The highest BCUT2D eigenvalue weighted by Crippen LogP contribution is 2.33. The molecule has 5 nitrogen and oxygen atoms in total. The van der Waals surface area contributed by atoms with Crippen LogP contribution in [-0.4, -0.2) is 42.5 Å². The van der Waals surface area contributed by atoms with Gasteiger partial charge in [0.05, 0.1) is 5.69 Å². The number of hydrogen-bond donors (Lipinski definition) is 0. The molecule has 0 radical (unpaired) electrons. The molecule has 1 aliphatic carbocycles. The van der Waals surface area contributed by atoms with Crippen molar-refractivity contribution in [3.63, 3.8) is 0 Å². The van der Waals surface area contributed by atoms with Crippen molar-refractivity contribution in [2.75, 3.05) is 18.5 Å². The Balaban J connectivity index is 1.71. The fourth-order valence-corrected chi connectivity index (χ4v) is 2.64. The predicted molar refractivity (Wildman–Crippen MR) is 79.3 cm³/mol. The van der Waals surface area contributed by atoms with Crippen molar-refractivity contribution >= 4 is 17.5 Å². The van der Waals surface area contributed by atoms with Crippen LogP contribution in [0.1, 0.15) is 26.2 Å². The first kappa shape index (κ1) is 13.9. The summed E-state index contributed by atoms with van der Waals surface area (Å²) in [5, 5.41) is 0. The highest BCUT2D eigenvalue weighted by molar-refractivity contribution is 6.00. The van der Waals surface area contributed by atoms with Gasteiger partial charge in [-0.05, 0) is 31.9 Å². The molecule has 112 valence electrons. The molecule has 1 atom stereocenters. The fraction of sp³-hybridized carbons (Fsp3) is 0.500. The number of hydrogen-bond acceptors (Lipinski definition) is 3. The maximum Gasteiger partial charge on any atom is 0.267 e. The van der Waals surface area contributed by atoms with Crippen LogP contribution in [0.4, 0.5) is 5.69 Å². The number of ether oxygens (including phenoxy) is 1. The minimum Gasteiger partial charge on any atom is -0.479 e. The van der Waals surface area contributed by atoms with E-state index in [1.807, 2.05) is 31.3 Å². The van der Waals surface area contributed by atoms with E-state index in [1.165, 1.54) is 0 Å². The molecule has 2 aliphatic rings. The molecule has 3 rings (SSSR count). The van der Waals surface area contributed by atoms with Crippen molar-refractivity contribution < 1.29 is 14.3 Å². The van der Waals surface area contributed by atoms with Crippen LogP contribution in [0.2, 0.25) is 0 Å². The van der Waals surface area contributed by atoms with E-state index in [1.54, 1.807) is 16.7 Å². The standard InChI is InChI=1S/C16H20N2O3/c1-11-16(20)18(13-5-3-4-6-14(13)21-11)10-9-15(19)17(2)12-7-8-12/h3-6,11-12H,7-10H2,1-2H3. The van der Waals surface area contributed by atoms with Crippen molar-refractivity contribution in [2.45, 2.75) is 38.3 Å². The first-order valence-corrected chi connectivity index (χ1v) is 7.40. The average Bonchev–Trinajstić information content (AvgIpc) is 3.31. The van der Waals surface area contributed by atoms with E-state index in [0.29, 0.717) is 24.8 Å². The molecule has 2 amide bonds. The summed E-state index contributed by atoms with van der Waals surface area (Å²) in [5.41, 5.74) is 0.752. The summed E-state index contributed by atoms with van der Waals surface area (Å²) in [5.74, 6) is 0.713. The number of para-hydroxylation sites is 2. The number of rotatable bonds is 4. The van der Waals surface area contributed by atoms with Gasteiger partial charge < -0.3 is 14.5 Å².